The summed E-state index contributed by atoms with van der Waals surface area (Å²) >= 11 is 0. The summed E-state index contributed by atoms with van der Waals surface area (Å²) in [5, 5.41) is 3.29. The second kappa shape index (κ2) is 10.3. The fourth-order valence-corrected chi connectivity index (χ4v) is 3.31. The molecule has 0 fully saturated rings. The van der Waals surface area contributed by atoms with Crippen LogP contribution in [0.25, 0.3) is 11.1 Å². The number of anilines is 3. The largest absolute Gasteiger partial charge is 0.466 e. The molecule has 0 aliphatic rings. The fraction of sp³-hybridized carbons (Fsp3) is 0.115. The Morgan fingerprint density at radius 2 is 1.61 bits per heavy atom. The Morgan fingerprint density at radius 3 is 2.30 bits per heavy atom. The van der Waals surface area contributed by atoms with Gasteiger partial charge >= 0.3 is 5.97 Å². The van der Waals surface area contributed by atoms with Crippen LogP contribution in [0.3, 0.4) is 0 Å². The Bertz CT molecular complexity index is 1210. The molecule has 1 heterocycles. The van der Waals surface area contributed by atoms with Crippen LogP contribution in [0, 0.1) is 0 Å². The minimum atomic E-state index is -0.247. The average Bonchev–Trinajstić information content (AvgIpc) is 2.82. The van der Waals surface area contributed by atoms with Gasteiger partial charge in [0.15, 0.2) is 0 Å². The normalized spacial score (nSPS) is 10.5. The predicted molar refractivity (Wildman–Crippen MR) is 128 cm³/mol. The number of ether oxygens (including phenoxy) is 2. The summed E-state index contributed by atoms with van der Waals surface area (Å²) in [5.74, 6) is 2.18. The van der Waals surface area contributed by atoms with Crippen LogP contribution in [-0.4, -0.2) is 22.5 Å². The Labute approximate surface area is 192 Å². The molecule has 0 saturated heterocycles. The number of nitrogens with one attached hydrogen (secondary N) is 1. The Hall–Kier alpha value is -4.39. The van der Waals surface area contributed by atoms with E-state index >= 15 is 0 Å². The van der Waals surface area contributed by atoms with Gasteiger partial charge in [0.25, 0.3) is 0 Å². The molecular formula is C26H24N4O3. The van der Waals surface area contributed by atoms with Crippen LogP contribution in [0.4, 0.5) is 17.3 Å². The topological polar surface area (TPSA) is 99.4 Å². The lowest BCUT2D eigenvalue weighted by Gasteiger charge is -2.14. The average molecular weight is 441 g/mol. The summed E-state index contributed by atoms with van der Waals surface area (Å²) in [6, 6.07) is 24.7. The highest BCUT2D eigenvalue weighted by molar-refractivity contribution is 5.85. The molecule has 33 heavy (non-hydrogen) atoms. The third-order valence-corrected chi connectivity index (χ3v) is 4.87. The number of para-hydroxylation sites is 1. The third-order valence-electron chi connectivity index (χ3n) is 4.87. The van der Waals surface area contributed by atoms with Crippen LogP contribution in [0.2, 0.25) is 0 Å². The molecular weight excluding hydrogens is 416 g/mol. The number of nitrogen functional groups attached to an aromatic ring is 1. The zero-order valence-corrected chi connectivity index (χ0v) is 18.2. The van der Waals surface area contributed by atoms with Gasteiger partial charge in [0.1, 0.15) is 29.5 Å². The first-order valence-electron chi connectivity index (χ1n) is 10.6. The molecule has 4 rings (SSSR count). The van der Waals surface area contributed by atoms with Crippen molar-refractivity contribution in [1.29, 1.82) is 0 Å². The van der Waals surface area contributed by atoms with Gasteiger partial charge in [-0.3, -0.25) is 4.79 Å². The van der Waals surface area contributed by atoms with Crippen molar-refractivity contribution in [3.63, 3.8) is 0 Å². The molecule has 166 valence electrons. The SMILES string of the molecule is CCOC(=O)Cc1ccc(Nc2ncnc(N)c2-c2ccc(Oc3ccccc3)cc2)cc1. The molecule has 0 saturated carbocycles. The van der Waals surface area contributed by atoms with Crippen LogP contribution in [0.15, 0.2) is 85.2 Å². The molecule has 0 unspecified atom stereocenters. The minimum absolute atomic E-state index is 0.233. The van der Waals surface area contributed by atoms with E-state index in [2.05, 4.69) is 15.3 Å². The number of aromatic nitrogens is 2. The van der Waals surface area contributed by atoms with E-state index in [-0.39, 0.29) is 12.4 Å². The van der Waals surface area contributed by atoms with Crippen LogP contribution >= 0.6 is 0 Å². The van der Waals surface area contributed by atoms with Gasteiger partial charge in [-0.05, 0) is 54.4 Å². The molecule has 7 heteroatoms. The van der Waals surface area contributed by atoms with E-state index < -0.39 is 0 Å². The van der Waals surface area contributed by atoms with Gasteiger partial charge in [-0.2, -0.15) is 0 Å². The first-order valence-corrected chi connectivity index (χ1v) is 10.6. The number of nitrogens with zero attached hydrogens (tertiary/aromatic N) is 2. The number of carbonyl (C=O) groups is 1. The lowest BCUT2D eigenvalue weighted by Crippen LogP contribution is -2.07. The van der Waals surface area contributed by atoms with Gasteiger partial charge in [0, 0.05) is 5.69 Å². The second-order valence-corrected chi connectivity index (χ2v) is 7.23. The summed E-state index contributed by atoms with van der Waals surface area (Å²) in [5.41, 5.74) is 9.43. The molecule has 1 aromatic heterocycles. The molecule has 0 spiro atoms. The number of hydrogen-bond donors (Lipinski definition) is 2. The zero-order valence-electron chi connectivity index (χ0n) is 18.2. The maximum Gasteiger partial charge on any atom is 0.310 e. The number of esters is 1. The molecule has 0 bridgehead atoms. The molecule has 0 aliphatic heterocycles. The van der Waals surface area contributed by atoms with E-state index in [0.29, 0.717) is 29.6 Å². The minimum Gasteiger partial charge on any atom is -0.466 e. The number of nitrogens with two attached hydrogens (primary N) is 1. The summed E-state index contributed by atoms with van der Waals surface area (Å²) in [6.07, 6.45) is 1.65. The van der Waals surface area contributed by atoms with Crippen molar-refractivity contribution in [3.05, 3.63) is 90.8 Å². The van der Waals surface area contributed by atoms with Crippen molar-refractivity contribution >= 4 is 23.3 Å². The molecule has 4 aromatic rings. The van der Waals surface area contributed by atoms with Crippen molar-refractivity contribution < 1.29 is 14.3 Å². The van der Waals surface area contributed by atoms with Gasteiger partial charge in [0.2, 0.25) is 0 Å². The highest BCUT2D eigenvalue weighted by Crippen LogP contribution is 2.34. The Balaban J connectivity index is 1.52. The number of rotatable bonds is 8. The molecule has 0 aliphatic carbocycles. The first-order chi connectivity index (χ1) is 16.1. The van der Waals surface area contributed by atoms with E-state index in [4.69, 9.17) is 15.2 Å². The summed E-state index contributed by atoms with van der Waals surface area (Å²) in [7, 11) is 0. The standard InChI is InChI=1S/C26H24N4O3/c1-2-32-23(31)16-18-8-12-20(13-9-18)30-26-24(25(27)28-17-29-26)19-10-14-22(15-11-19)33-21-6-4-3-5-7-21/h3-15,17H,2,16H2,1H3,(H3,27,28,29,30). The number of carbonyl (C=O) groups excluding carboxylic acids is 1. The van der Waals surface area contributed by atoms with Crippen LogP contribution in [0.5, 0.6) is 11.5 Å². The molecule has 0 atom stereocenters. The molecule has 7 nitrogen and oxygen atoms in total. The van der Waals surface area contributed by atoms with Gasteiger partial charge < -0.3 is 20.5 Å². The first kappa shape index (κ1) is 21.8. The second-order valence-electron chi connectivity index (χ2n) is 7.23. The maximum atomic E-state index is 11.7. The zero-order chi connectivity index (χ0) is 23.0. The third kappa shape index (κ3) is 5.65. The van der Waals surface area contributed by atoms with Crippen molar-refractivity contribution in [2.75, 3.05) is 17.7 Å². The summed E-state index contributed by atoms with van der Waals surface area (Å²) < 4.78 is 10.9. The lowest BCUT2D eigenvalue weighted by atomic mass is 10.1. The quantitative estimate of drug-likeness (QED) is 0.355. The van der Waals surface area contributed by atoms with Crippen LogP contribution in [-0.2, 0) is 16.0 Å². The van der Waals surface area contributed by atoms with Crippen molar-refractivity contribution in [3.8, 4) is 22.6 Å². The summed E-state index contributed by atoms with van der Waals surface area (Å²) in [6.45, 7) is 2.16. The fourth-order valence-electron chi connectivity index (χ4n) is 3.31. The lowest BCUT2D eigenvalue weighted by molar-refractivity contribution is -0.142. The predicted octanol–water partition coefficient (Wildman–Crippen LogP) is 5.37. The van der Waals surface area contributed by atoms with Crippen LogP contribution < -0.4 is 15.8 Å². The van der Waals surface area contributed by atoms with Gasteiger partial charge in [-0.25, -0.2) is 9.97 Å². The highest BCUT2D eigenvalue weighted by Gasteiger charge is 2.13. The molecule has 3 N–H and O–H groups in total. The van der Waals surface area contributed by atoms with Gasteiger partial charge in [-0.1, -0.05) is 42.5 Å². The molecule has 0 radical (unpaired) electrons. The Kier molecular flexibility index (Phi) is 6.80. The van der Waals surface area contributed by atoms with E-state index in [9.17, 15) is 4.79 Å². The maximum absolute atomic E-state index is 11.7. The number of hydrogen-bond acceptors (Lipinski definition) is 7. The van der Waals surface area contributed by atoms with Crippen molar-refractivity contribution in [1.82, 2.24) is 9.97 Å². The molecule has 0 amide bonds. The summed E-state index contributed by atoms with van der Waals surface area (Å²) in [4.78, 5) is 20.2. The van der Waals surface area contributed by atoms with Gasteiger partial charge in [0.05, 0.1) is 18.6 Å². The van der Waals surface area contributed by atoms with Crippen molar-refractivity contribution in [2.45, 2.75) is 13.3 Å². The van der Waals surface area contributed by atoms with Crippen LogP contribution in [0.1, 0.15) is 12.5 Å². The van der Waals surface area contributed by atoms with E-state index in [1.165, 1.54) is 6.33 Å². The van der Waals surface area contributed by atoms with E-state index in [1.54, 1.807) is 6.92 Å². The van der Waals surface area contributed by atoms with Crippen molar-refractivity contribution in [2.24, 2.45) is 0 Å². The smallest absolute Gasteiger partial charge is 0.310 e. The Morgan fingerprint density at radius 1 is 0.909 bits per heavy atom. The number of benzene rings is 3. The highest BCUT2D eigenvalue weighted by atomic mass is 16.5. The van der Waals surface area contributed by atoms with E-state index in [0.717, 1.165) is 22.6 Å². The van der Waals surface area contributed by atoms with Gasteiger partial charge in [-0.15, -0.1) is 0 Å². The monoisotopic (exact) mass is 440 g/mol. The molecule has 3 aromatic carbocycles. The van der Waals surface area contributed by atoms with E-state index in [1.807, 2.05) is 78.9 Å².